The Bertz CT molecular complexity index is 1090. The average Bonchev–Trinajstić information content (AvgIpc) is 3.25. The third-order valence-corrected chi connectivity index (χ3v) is 5.70. The number of H-pyrrole nitrogens is 1. The number of nitrogens with one attached hydrogen (secondary N) is 2. The zero-order valence-electron chi connectivity index (χ0n) is 18.1. The highest BCUT2D eigenvalue weighted by Crippen LogP contribution is 2.30. The van der Waals surface area contributed by atoms with Crippen LogP contribution in [0.4, 0.5) is 5.69 Å². The summed E-state index contributed by atoms with van der Waals surface area (Å²) in [6.07, 6.45) is 8.36. The third kappa shape index (κ3) is 6.49. The van der Waals surface area contributed by atoms with Crippen LogP contribution in [0.5, 0.6) is 0 Å². The van der Waals surface area contributed by atoms with Gasteiger partial charge in [0.05, 0.1) is 18.6 Å². The van der Waals surface area contributed by atoms with Crippen molar-refractivity contribution in [1.29, 1.82) is 0 Å². The van der Waals surface area contributed by atoms with Crippen LogP contribution in [0.2, 0.25) is 0 Å². The van der Waals surface area contributed by atoms with Gasteiger partial charge in [0, 0.05) is 43.4 Å². The van der Waals surface area contributed by atoms with Crippen LogP contribution in [0.25, 0.3) is 11.1 Å². The van der Waals surface area contributed by atoms with Gasteiger partial charge in [0.1, 0.15) is 0 Å². The second-order valence-electron chi connectivity index (χ2n) is 7.80. The number of hydrogen-bond acceptors (Lipinski definition) is 4. The Hall–Kier alpha value is -2.57. The van der Waals surface area contributed by atoms with Crippen LogP contribution in [0.1, 0.15) is 16.8 Å². The molecule has 0 saturated heterocycles. The number of halogens is 3. The van der Waals surface area contributed by atoms with Gasteiger partial charge in [-0.1, -0.05) is 36.4 Å². The van der Waals surface area contributed by atoms with E-state index in [2.05, 4.69) is 85.8 Å². The number of aromatic amines is 1. The molecule has 5 rings (SSSR count). The summed E-state index contributed by atoms with van der Waals surface area (Å²) in [6, 6.07) is 22.0. The number of fused-ring (bicyclic) bond motifs is 1. The molecular weight excluding hydrogens is 477 g/mol. The Labute approximate surface area is 213 Å². The maximum Gasteiger partial charge on any atom is 0.0922 e. The molecule has 2 aromatic heterocycles. The minimum Gasteiger partial charge on any atom is -0.364 e. The molecule has 0 spiro atoms. The molecule has 33 heavy (non-hydrogen) atoms. The van der Waals surface area contributed by atoms with E-state index in [-0.39, 0.29) is 37.2 Å². The van der Waals surface area contributed by atoms with Crippen LogP contribution in [-0.4, -0.2) is 27.5 Å². The fourth-order valence-corrected chi connectivity index (χ4v) is 4.20. The lowest BCUT2D eigenvalue weighted by Gasteiger charge is -2.27. The Morgan fingerprint density at radius 1 is 0.879 bits per heavy atom. The fraction of sp³-hybridized carbons (Fsp3) is 0.200. The van der Waals surface area contributed by atoms with Crippen LogP contribution in [-0.2, 0) is 19.5 Å². The molecule has 0 amide bonds. The van der Waals surface area contributed by atoms with Gasteiger partial charge < -0.3 is 15.2 Å². The molecule has 0 aliphatic carbocycles. The second kappa shape index (κ2) is 12.6. The molecule has 0 saturated carbocycles. The summed E-state index contributed by atoms with van der Waals surface area (Å²) in [6.45, 7) is 2.61. The number of nitrogens with zero attached hydrogens (tertiary/aromatic N) is 3. The van der Waals surface area contributed by atoms with Gasteiger partial charge in [-0.2, -0.15) is 0 Å². The van der Waals surface area contributed by atoms with Crippen molar-refractivity contribution in [3.05, 3.63) is 102 Å². The number of benzene rings is 2. The maximum atomic E-state index is 4.20. The molecule has 174 valence electrons. The largest absolute Gasteiger partial charge is 0.364 e. The quantitative estimate of drug-likeness (QED) is 0.379. The molecular formula is C25H28Cl3N5. The number of hydrogen-bond donors (Lipinski definition) is 2. The van der Waals surface area contributed by atoms with E-state index in [9.17, 15) is 0 Å². The highest BCUT2D eigenvalue weighted by molar-refractivity contribution is 5.86. The Morgan fingerprint density at radius 3 is 2.39 bits per heavy atom. The van der Waals surface area contributed by atoms with Crippen molar-refractivity contribution in [1.82, 2.24) is 20.3 Å². The summed E-state index contributed by atoms with van der Waals surface area (Å²) in [7, 11) is 0. The number of pyridine rings is 1. The normalized spacial score (nSPS) is 14.7. The Morgan fingerprint density at radius 2 is 1.67 bits per heavy atom. The van der Waals surface area contributed by atoms with Crippen molar-refractivity contribution in [2.75, 3.05) is 11.4 Å². The maximum absolute atomic E-state index is 4.20. The highest BCUT2D eigenvalue weighted by atomic mass is 35.5. The van der Waals surface area contributed by atoms with Gasteiger partial charge in [-0.25, -0.2) is 4.98 Å². The van der Waals surface area contributed by atoms with E-state index in [4.69, 9.17) is 0 Å². The van der Waals surface area contributed by atoms with Crippen LogP contribution in [0, 0.1) is 0 Å². The molecule has 5 nitrogen and oxygen atoms in total. The monoisotopic (exact) mass is 503 g/mol. The predicted molar refractivity (Wildman–Crippen MR) is 142 cm³/mol. The molecule has 0 radical (unpaired) electrons. The molecule has 4 aromatic rings. The lowest BCUT2D eigenvalue weighted by atomic mass is 10.0. The lowest BCUT2D eigenvalue weighted by Crippen LogP contribution is -2.39. The van der Waals surface area contributed by atoms with E-state index in [1.807, 2.05) is 18.6 Å². The van der Waals surface area contributed by atoms with Crippen molar-refractivity contribution >= 4 is 42.9 Å². The van der Waals surface area contributed by atoms with E-state index in [1.54, 1.807) is 6.33 Å². The molecule has 2 N–H and O–H groups in total. The van der Waals surface area contributed by atoms with Gasteiger partial charge in [0.2, 0.25) is 0 Å². The summed E-state index contributed by atoms with van der Waals surface area (Å²) in [4.78, 5) is 14.1. The Balaban J connectivity index is 0.00000128. The number of anilines is 1. The smallest absolute Gasteiger partial charge is 0.0922 e. The standard InChI is InChI=1S/C25H25N5.3ClH/c1-2-4-19(5-3-1)12-23-16-30(17-24-15-27-18-29-24)25-7-6-21(13-22(25)14-28-23)20-8-10-26-11-9-20;;;/h1-11,13,15,18,23,28H,12,14,16-17H2,(H,27,29);3*1H. The van der Waals surface area contributed by atoms with Crippen LogP contribution in [0.15, 0.2) is 85.6 Å². The van der Waals surface area contributed by atoms with Crippen molar-refractivity contribution in [2.24, 2.45) is 0 Å². The van der Waals surface area contributed by atoms with Gasteiger partial charge in [-0.05, 0) is 52.9 Å². The second-order valence-corrected chi connectivity index (χ2v) is 7.80. The minimum absolute atomic E-state index is 0. The minimum atomic E-state index is 0. The van der Waals surface area contributed by atoms with E-state index >= 15 is 0 Å². The first kappa shape index (κ1) is 26.7. The predicted octanol–water partition coefficient (Wildman–Crippen LogP) is 5.46. The van der Waals surface area contributed by atoms with Gasteiger partial charge in [-0.3, -0.25) is 4.98 Å². The van der Waals surface area contributed by atoms with Gasteiger partial charge >= 0.3 is 0 Å². The summed E-state index contributed by atoms with van der Waals surface area (Å²) in [5, 5.41) is 3.79. The number of rotatable bonds is 5. The highest BCUT2D eigenvalue weighted by Gasteiger charge is 2.23. The van der Waals surface area contributed by atoms with Crippen LogP contribution >= 0.6 is 37.2 Å². The van der Waals surface area contributed by atoms with Gasteiger partial charge in [0.25, 0.3) is 0 Å². The first-order valence-corrected chi connectivity index (χ1v) is 10.4. The summed E-state index contributed by atoms with van der Waals surface area (Å²) in [5.41, 5.74) is 7.50. The average molecular weight is 505 g/mol. The Kier molecular flexibility index (Phi) is 10.2. The van der Waals surface area contributed by atoms with Crippen molar-refractivity contribution in [2.45, 2.75) is 25.6 Å². The molecule has 1 aliphatic rings. The molecule has 1 unspecified atom stereocenters. The van der Waals surface area contributed by atoms with Crippen LogP contribution in [0.3, 0.4) is 0 Å². The lowest BCUT2D eigenvalue weighted by molar-refractivity contribution is 0.511. The van der Waals surface area contributed by atoms with Crippen molar-refractivity contribution < 1.29 is 0 Å². The van der Waals surface area contributed by atoms with E-state index in [0.29, 0.717) is 6.04 Å². The number of imidazole rings is 1. The molecule has 3 heterocycles. The third-order valence-electron chi connectivity index (χ3n) is 5.70. The van der Waals surface area contributed by atoms with E-state index in [1.165, 1.54) is 27.9 Å². The summed E-state index contributed by atoms with van der Waals surface area (Å²) >= 11 is 0. The fourth-order valence-electron chi connectivity index (χ4n) is 4.20. The number of aromatic nitrogens is 3. The molecule has 2 aromatic carbocycles. The summed E-state index contributed by atoms with van der Waals surface area (Å²) in [5.74, 6) is 0. The van der Waals surface area contributed by atoms with Gasteiger partial charge in [-0.15, -0.1) is 37.2 Å². The molecule has 1 aliphatic heterocycles. The molecule has 1 atom stereocenters. The van der Waals surface area contributed by atoms with Gasteiger partial charge in [0.15, 0.2) is 0 Å². The SMILES string of the molecule is Cl.Cl.Cl.c1ccc(CC2CN(Cc3cnc[nH]3)c3ccc(-c4ccncc4)cc3CN2)cc1. The van der Waals surface area contributed by atoms with Crippen LogP contribution < -0.4 is 10.2 Å². The molecule has 0 bridgehead atoms. The first-order chi connectivity index (χ1) is 14.8. The molecule has 0 fully saturated rings. The zero-order valence-corrected chi connectivity index (χ0v) is 20.5. The van der Waals surface area contributed by atoms with E-state index < -0.39 is 0 Å². The first-order valence-electron chi connectivity index (χ1n) is 10.4. The van der Waals surface area contributed by atoms with Crippen molar-refractivity contribution in [3.8, 4) is 11.1 Å². The summed E-state index contributed by atoms with van der Waals surface area (Å²) < 4.78 is 0. The topological polar surface area (TPSA) is 56.8 Å². The van der Waals surface area contributed by atoms with E-state index in [0.717, 1.165) is 31.7 Å². The molecule has 8 heteroatoms. The zero-order chi connectivity index (χ0) is 20.2. The van der Waals surface area contributed by atoms with Crippen molar-refractivity contribution in [3.63, 3.8) is 0 Å².